The molecule has 1 heterocycles. The standard InChI is InChI=1S/C32H31N3O12/c1-14-26(36)20(33)10-22(46-14)47-21-12-32(42,13-45-31(41)34-15-6-8-16(9-7-15)35(43)44)11-19-23(21)30(40)25-24(29(19)39)27(37)17-4-2-3-5-18(17)28(25)38/h2-9,14,20-22,26,36,39-40,42H,10-13,33H2,1H3,(H,34,41)/t14-,20-,21-,22-,26+,32-/m0/s1. The van der Waals surface area contributed by atoms with Gasteiger partial charge < -0.3 is 40.4 Å². The van der Waals surface area contributed by atoms with E-state index in [-0.39, 0.29) is 46.5 Å². The number of ketones is 2. The number of aliphatic hydroxyl groups excluding tert-OH is 1. The van der Waals surface area contributed by atoms with Crippen LogP contribution in [0.5, 0.6) is 11.5 Å². The summed E-state index contributed by atoms with van der Waals surface area (Å²) in [7, 11) is 0. The number of carbonyl (C=O) groups is 3. The summed E-state index contributed by atoms with van der Waals surface area (Å²) in [6, 6.07) is 10.2. The van der Waals surface area contributed by atoms with Gasteiger partial charge in [-0.1, -0.05) is 24.3 Å². The zero-order valence-corrected chi connectivity index (χ0v) is 24.9. The van der Waals surface area contributed by atoms with E-state index in [1.807, 2.05) is 0 Å². The number of nitrogens with zero attached hydrogens (tertiary/aromatic N) is 1. The lowest BCUT2D eigenvalue weighted by atomic mass is 9.73. The molecular weight excluding hydrogens is 618 g/mol. The Labute approximate surface area is 266 Å². The van der Waals surface area contributed by atoms with Crippen molar-refractivity contribution in [2.24, 2.45) is 5.73 Å². The van der Waals surface area contributed by atoms with Gasteiger partial charge in [-0.25, -0.2) is 4.79 Å². The summed E-state index contributed by atoms with van der Waals surface area (Å²) in [6.07, 6.45) is -5.79. The van der Waals surface area contributed by atoms with E-state index in [0.29, 0.717) is 0 Å². The number of benzene rings is 3. The monoisotopic (exact) mass is 649 g/mol. The van der Waals surface area contributed by atoms with Gasteiger partial charge in [0.25, 0.3) is 5.69 Å². The van der Waals surface area contributed by atoms with Crippen molar-refractivity contribution < 1.29 is 53.9 Å². The average Bonchev–Trinajstić information content (AvgIpc) is 3.03. The molecule has 6 rings (SSSR count). The first-order chi connectivity index (χ1) is 22.3. The fraction of sp³-hybridized carbons (Fsp3) is 0.344. The lowest BCUT2D eigenvalue weighted by molar-refractivity contribution is -0.384. The maximum absolute atomic E-state index is 13.6. The van der Waals surface area contributed by atoms with Gasteiger partial charge in [0, 0.05) is 65.4 Å². The molecule has 7 N–H and O–H groups in total. The van der Waals surface area contributed by atoms with E-state index in [1.165, 1.54) is 36.4 Å². The maximum Gasteiger partial charge on any atom is 0.411 e. The number of nitrogens with one attached hydrogen (secondary N) is 1. The summed E-state index contributed by atoms with van der Waals surface area (Å²) in [6.45, 7) is 0.933. The van der Waals surface area contributed by atoms with Crippen LogP contribution in [0.3, 0.4) is 0 Å². The molecule has 15 heteroatoms. The highest BCUT2D eigenvalue weighted by Gasteiger charge is 2.48. The van der Waals surface area contributed by atoms with E-state index in [9.17, 15) is 44.9 Å². The van der Waals surface area contributed by atoms with E-state index in [4.69, 9.17) is 19.9 Å². The van der Waals surface area contributed by atoms with E-state index in [0.717, 1.165) is 0 Å². The number of rotatable bonds is 6. The normalized spacial score (nSPS) is 26.5. The molecule has 47 heavy (non-hydrogen) atoms. The molecular formula is C32H31N3O12. The highest BCUT2D eigenvalue weighted by molar-refractivity contribution is 6.30. The SMILES string of the molecule is C[C@@H]1O[C@@H](O[C@H]2C[C@](O)(COC(=O)Nc3ccc([N+](=O)[O-])cc3)Cc3c(O)c4c(c(O)c32)C(=O)c2ccccc2C4=O)C[C@H](N)[C@@H]1O. The summed E-state index contributed by atoms with van der Waals surface area (Å²) in [4.78, 5) is 50.0. The number of fused-ring (bicyclic) bond motifs is 3. The van der Waals surface area contributed by atoms with Crippen molar-refractivity contribution in [1.82, 2.24) is 0 Å². The van der Waals surface area contributed by atoms with E-state index < -0.39 is 94.5 Å². The fourth-order valence-corrected chi connectivity index (χ4v) is 6.36. The molecule has 0 aromatic heterocycles. The minimum absolute atomic E-state index is 0.0202. The molecule has 0 spiro atoms. The van der Waals surface area contributed by atoms with Crippen LogP contribution in [-0.4, -0.2) is 79.8 Å². The molecule has 15 nitrogen and oxygen atoms in total. The molecule has 0 radical (unpaired) electrons. The number of anilines is 1. The van der Waals surface area contributed by atoms with Crippen molar-refractivity contribution in [3.8, 4) is 11.5 Å². The highest BCUT2D eigenvalue weighted by atomic mass is 16.7. The third kappa shape index (κ3) is 5.79. The summed E-state index contributed by atoms with van der Waals surface area (Å²) < 4.78 is 17.3. The minimum atomic E-state index is -1.94. The molecule has 1 aliphatic heterocycles. The predicted octanol–water partition coefficient (Wildman–Crippen LogP) is 2.59. The molecule has 0 bridgehead atoms. The number of non-ortho nitro benzene ring substituents is 1. The number of hydrogen-bond donors (Lipinski definition) is 6. The van der Waals surface area contributed by atoms with Crippen LogP contribution in [0.2, 0.25) is 0 Å². The number of aromatic hydroxyl groups is 2. The van der Waals surface area contributed by atoms with Crippen LogP contribution in [0, 0.1) is 10.1 Å². The van der Waals surface area contributed by atoms with Crippen LogP contribution >= 0.6 is 0 Å². The number of phenols is 2. The zero-order chi connectivity index (χ0) is 33.8. The van der Waals surface area contributed by atoms with Crippen molar-refractivity contribution in [2.75, 3.05) is 11.9 Å². The number of aliphatic hydroxyl groups is 2. The molecule has 0 saturated carbocycles. The van der Waals surface area contributed by atoms with E-state index in [2.05, 4.69) is 5.32 Å². The quantitative estimate of drug-likeness (QED) is 0.100. The van der Waals surface area contributed by atoms with Crippen LogP contribution < -0.4 is 11.1 Å². The Hall–Kier alpha value is -4.93. The van der Waals surface area contributed by atoms with Crippen molar-refractivity contribution in [3.05, 3.63) is 92.0 Å². The largest absolute Gasteiger partial charge is 0.507 e. The third-order valence-electron chi connectivity index (χ3n) is 8.72. The van der Waals surface area contributed by atoms with Crippen molar-refractivity contribution in [3.63, 3.8) is 0 Å². The Morgan fingerprint density at radius 1 is 1.09 bits per heavy atom. The van der Waals surface area contributed by atoms with Gasteiger partial charge in [-0.2, -0.15) is 0 Å². The second-order valence-corrected chi connectivity index (χ2v) is 11.9. The van der Waals surface area contributed by atoms with Gasteiger partial charge >= 0.3 is 6.09 Å². The minimum Gasteiger partial charge on any atom is -0.507 e. The number of nitrogens with two attached hydrogens (primary N) is 1. The Morgan fingerprint density at radius 3 is 2.30 bits per heavy atom. The van der Waals surface area contributed by atoms with Gasteiger partial charge in [0.15, 0.2) is 17.9 Å². The van der Waals surface area contributed by atoms with Crippen molar-refractivity contribution in [1.29, 1.82) is 0 Å². The van der Waals surface area contributed by atoms with Gasteiger partial charge in [-0.15, -0.1) is 0 Å². The van der Waals surface area contributed by atoms with Crippen LogP contribution in [0.25, 0.3) is 0 Å². The van der Waals surface area contributed by atoms with Crippen LogP contribution in [-0.2, 0) is 20.6 Å². The van der Waals surface area contributed by atoms with E-state index in [1.54, 1.807) is 19.1 Å². The van der Waals surface area contributed by atoms with Crippen molar-refractivity contribution >= 4 is 29.0 Å². The number of nitro benzene ring substituents is 1. The predicted molar refractivity (Wildman–Crippen MR) is 161 cm³/mol. The zero-order valence-electron chi connectivity index (χ0n) is 24.9. The third-order valence-corrected chi connectivity index (χ3v) is 8.72. The molecule has 3 aromatic carbocycles. The lowest BCUT2D eigenvalue weighted by Crippen LogP contribution is -2.52. The molecule has 2 aliphatic carbocycles. The second-order valence-electron chi connectivity index (χ2n) is 11.9. The van der Waals surface area contributed by atoms with E-state index >= 15 is 0 Å². The smallest absolute Gasteiger partial charge is 0.411 e. The summed E-state index contributed by atoms with van der Waals surface area (Å²) in [5.41, 5.74) is 3.20. The molecule has 1 fully saturated rings. The van der Waals surface area contributed by atoms with Gasteiger partial charge in [0.1, 0.15) is 23.7 Å². The molecule has 1 saturated heterocycles. The van der Waals surface area contributed by atoms with Gasteiger partial charge in [-0.05, 0) is 19.1 Å². The summed E-state index contributed by atoms with van der Waals surface area (Å²) in [5, 5.41) is 58.4. The highest BCUT2D eigenvalue weighted by Crippen LogP contribution is 2.52. The van der Waals surface area contributed by atoms with Crippen LogP contribution in [0.15, 0.2) is 48.5 Å². The number of carbonyl (C=O) groups excluding carboxylic acids is 3. The average molecular weight is 650 g/mol. The first-order valence-electron chi connectivity index (χ1n) is 14.7. The Morgan fingerprint density at radius 2 is 1.70 bits per heavy atom. The Balaban J connectivity index is 1.34. The van der Waals surface area contributed by atoms with Gasteiger partial charge in [-0.3, -0.25) is 25.0 Å². The number of phenolic OH excluding ortho intramolecular Hbond substituents is 2. The van der Waals surface area contributed by atoms with Gasteiger partial charge in [0.05, 0.1) is 34.4 Å². The van der Waals surface area contributed by atoms with Crippen molar-refractivity contribution in [2.45, 2.75) is 62.4 Å². The lowest BCUT2D eigenvalue weighted by Gasteiger charge is -2.42. The first-order valence-corrected chi connectivity index (χ1v) is 14.7. The Kier molecular flexibility index (Phi) is 8.19. The topological polar surface area (TPSA) is 241 Å². The van der Waals surface area contributed by atoms with Crippen LogP contribution in [0.4, 0.5) is 16.2 Å². The maximum atomic E-state index is 13.6. The molecule has 0 unspecified atom stereocenters. The second kappa shape index (κ2) is 12.0. The fourth-order valence-electron chi connectivity index (χ4n) is 6.36. The molecule has 246 valence electrons. The number of hydrogen-bond acceptors (Lipinski definition) is 13. The number of ether oxygens (including phenoxy) is 3. The number of amides is 1. The summed E-state index contributed by atoms with van der Waals surface area (Å²) in [5.74, 6) is -2.66. The first kappa shape index (κ1) is 32.0. The number of nitro groups is 1. The molecule has 6 atom stereocenters. The molecule has 3 aromatic rings. The summed E-state index contributed by atoms with van der Waals surface area (Å²) >= 11 is 0. The Bertz CT molecular complexity index is 1780. The molecule has 3 aliphatic rings. The van der Waals surface area contributed by atoms with Gasteiger partial charge in [0.2, 0.25) is 0 Å². The van der Waals surface area contributed by atoms with Crippen LogP contribution in [0.1, 0.15) is 68.8 Å². The molecule has 1 amide bonds.